The van der Waals surface area contributed by atoms with Crippen molar-refractivity contribution in [1.82, 2.24) is 9.97 Å². The Bertz CT molecular complexity index is 307. The van der Waals surface area contributed by atoms with Crippen molar-refractivity contribution < 1.29 is 18.7 Å². The van der Waals surface area contributed by atoms with Crippen LogP contribution in [-0.2, 0) is 4.79 Å². The van der Waals surface area contributed by atoms with Gasteiger partial charge in [0.15, 0.2) is 0 Å². The number of hydrogen-bond donors (Lipinski definition) is 1. The summed E-state index contributed by atoms with van der Waals surface area (Å²) in [6.07, 6.45) is 3.59. The van der Waals surface area contributed by atoms with Gasteiger partial charge in [0.1, 0.15) is 5.03 Å². The number of aliphatic carboxylic acids is 1. The van der Waals surface area contributed by atoms with Crippen molar-refractivity contribution in [1.29, 1.82) is 0 Å². The summed E-state index contributed by atoms with van der Waals surface area (Å²) in [5.41, 5.74) is 0. The van der Waals surface area contributed by atoms with Crippen molar-refractivity contribution in [3.8, 4) is 0 Å². The van der Waals surface area contributed by atoms with Gasteiger partial charge in [-0.1, -0.05) is 0 Å². The Kier molecular flexibility index (Phi) is 2.76. The number of carboxylic acid groups (broad SMARTS) is 1. The Morgan fingerprint density at radius 3 is 2.69 bits per heavy atom. The van der Waals surface area contributed by atoms with Crippen molar-refractivity contribution >= 4 is 17.7 Å². The molecule has 0 radical (unpaired) electrons. The van der Waals surface area contributed by atoms with Gasteiger partial charge < -0.3 is 5.11 Å². The average molecular weight is 206 g/mol. The topological polar surface area (TPSA) is 63.1 Å². The van der Waals surface area contributed by atoms with Crippen molar-refractivity contribution in [3.05, 3.63) is 18.6 Å². The van der Waals surface area contributed by atoms with E-state index in [0.29, 0.717) is 0 Å². The fourth-order valence-corrected chi connectivity index (χ4v) is 1.09. The number of hydrogen-bond acceptors (Lipinski definition) is 4. The molecule has 1 aromatic rings. The van der Waals surface area contributed by atoms with Gasteiger partial charge in [0.05, 0.1) is 6.20 Å². The second-order valence-electron chi connectivity index (χ2n) is 1.97. The standard InChI is InChI=1S/C6H4F2N2O2S/c7-6(8,5(11)12)13-4-3-9-1-2-10-4/h1-3H,(H,11,12). The van der Waals surface area contributed by atoms with Gasteiger partial charge in [-0.15, -0.1) is 0 Å². The second-order valence-corrected chi connectivity index (χ2v) is 3.10. The fraction of sp³-hybridized carbons (Fsp3) is 0.167. The largest absolute Gasteiger partial charge is 0.476 e. The van der Waals surface area contributed by atoms with E-state index in [4.69, 9.17) is 5.11 Å². The van der Waals surface area contributed by atoms with E-state index in [2.05, 4.69) is 9.97 Å². The number of aromatic nitrogens is 2. The van der Waals surface area contributed by atoms with Crippen LogP contribution in [0.3, 0.4) is 0 Å². The Labute approximate surface area is 76.0 Å². The van der Waals surface area contributed by atoms with Crippen LogP contribution in [0.4, 0.5) is 8.78 Å². The maximum absolute atomic E-state index is 12.5. The van der Waals surface area contributed by atoms with E-state index >= 15 is 0 Å². The molecule has 0 atom stereocenters. The molecule has 13 heavy (non-hydrogen) atoms. The van der Waals surface area contributed by atoms with E-state index in [-0.39, 0.29) is 16.8 Å². The average Bonchev–Trinajstić information content (AvgIpc) is 2.05. The summed E-state index contributed by atoms with van der Waals surface area (Å²) in [4.78, 5) is 17.0. The minimum Gasteiger partial charge on any atom is -0.476 e. The van der Waals surface area contributed by atoms with E-state index in [1.165, 1.54) is 12.4 Å². The zero-order valence-corrected chi connectivity index (χ0v) is 6.96. The lowest BCUT2D eigenvalue weighted by Crippen LogP contribution is -2.23. The van der Waals surface area contributed by atoms with Crippen LogP contribution in [0, 0.1) is 0 Å². The van der Waals surface area contributed by atoms with Gasteiger partial charge in [0.25, 0.3) is 0 Å². The van der Waals surface area contributed by atoms with E-state index < -0.39 is 11.2 Å². The van der Waals surface area contributed by atoms with Crippen LogP contribution in [0.2, 0.25) is 0 Å². The van der Waals surface area contributed by atoms with Crippen LogP contribution in [-0.4, -0.2) is 26.3 Å². The number of halogens is 2. The summed E-state index contributed by atoms with van der Waals surface area (Å²) in [5, 5.41) is 4.09. The maximum atomic E-state index is 12.5. The van der Waals surface area contributed by atoms with Crippen molar-refractivity contribution in [2.45, 2.75) is 10.3 Å². The molecule has 7 heteroatoms. The molecule has 0 fully saturated rings. The van der Waals surface area contributed by atoms with Gasteiger partial charge in [-0.3, -0.25) is 4.98 Å². The van der Waals surface area contributed by atoms with Crippen molar-refractivity contribution in [2.75, 3.05) is 0 Å². The molecule has 0 saturated carbocycles. The number of carboxylic acids is 1. The summed E-state index contributed by atoms with van der Waals surface area (Å²) in [6.45, 7) is 0. The number of rotatable bonds is 3. The first-order chi connectivity index (χ1) is 6.02. The Morgan fingerprint density at radius 1 is 1.54 bits per heavy atom. The van der Waals surface area contributed by atoms with E-state index in [1.807, 2.05) is 0 Å². The summed E-state index contributed by atoms with van der Waals surface area (Å²) in [6, 6.07) is 0. The SMILES string of the molecule is O=C(O)C(F)(F)Sc1cnccn1. The summed E-state index contributed by atoms with van der Waals surface area (Å²) < 4.78 is 25.1. The molecule has 4 nitrogen and oxygen atoms in total. The molecule has 1 aromatic heterocycles. The molecule has 0 aliphatic carbocycles. The normalized spacial score (nSPS) is 11.2. The molecule has 0 amide bonds. The van der Waals surface area contributed by atoms with Gasteiger partial charge in [-0.05, 0) is 11.8 Å². The first-order valence-corrected chi connectivity index (χ1v) is 3.90. The molecule has 0 spiro atoms. The lowest BCUT2D eigenvalue weighted by molar-refractivity contribution is -0.152. The Morgan fingerprint density at radius 2 is 2.23 bits per heavy atom. The number of alkyl halides is 2. The monoisotopic (exact) mass is 206 g/mol. The zero-order chi connectivity index (χ0) is 9.90. The van der Waals surface area contributed by atoms with Gasteiger partial charge in [0, 0.05) is 12.4 Å². The molecular formula is C6H4F2N2O2S. The summed E-state index contributed by atoms with van der Waals surface area (Å²) >= 11 is -0.153. The molecule has 0 saturated heterocycles. The first kappa shape index (κ1) is 9.85. The van der Waals surface area contributed by atoms with Crippen LogP contribution in [0.1, 0.15) is 0 Å². The second kappa shape index (κ2) is 3.65. The van der Waals surface area contributed by atoms with E-state index in [9.17, 15) is 13.6 Å². The Balaban J connectivity index is 2.75. The fourth-order valence-electron chi connectivity index (χ4n) is 0.513. The molecular weight excluding hydrogens is 202 g/mol. The quantitative estimate of drug-likeness (QED) is 0.754. The van der Waals surface area contributed by atoms with Crippen LogP contribution in [0.25, 0.3) is 0 Å². The molecule has 0 aromatic carbocycles. The smallest absolute Gasteiger partial charge is 0.394 e. The minimum absolute atomic E-state index is 0.130. The molecule has 0 unspecified atom stereocenters. The minimum atomic E-state index is -3.87. The van der Waals surface area contributed by atoms with Crippen molar-refractivity contribution in [3.63, 3.8) is 0 Å². The maximum Gasteiger partial charge on any atom is 0.394 e. The molecule has 0 aliphatic heterocycles. The summed E-state index contributed by atoms with van der Waals surface area (Å²) in [7, 11) is 0. The highest BCUT2D eigenvalue weighted by atomic mass is 32.2. The third-order valence-corrected chi connectivity index (χ3v) is 1.87. The highest BCUT2D eigenvalue weighted by molar-refractivity contribution is 8.01. The van der Waals surface area contributed by atoms with E-state index in [0.717, 1.165) is 6.20 Å². The third kappa shape index (κ3) is 2.62. The highest BCUT2D eigenvalue weighted by Gasteiger charge is 2.40. The van der Waals surface area contributed by atoms with Crippen molar-refractivity contribution in [2.24, 2.45) is 0 Å². The van der Waals surface area contributed by atoms with Crippen LogP contribution in [0.5, 0.6) is 0 Å². The lowest BCUT2D eigenvalue weighted by Gasteiger charge is -2.08. The Hall–Kier alpha value is -1.24. The number of nitrogens with zero attached hydrogens (tertiary/aromatic N) is 2. The predicted molar refractivity (Wildman–Crippen MR) is 40.5 cm³/mol. The van der Waals surface area contributed by atoms with Crippen LogP contribution < -0.4 is 0 Å². The third-order valence-electron chi connectivity index (χ3n) is 1.02. The van der Waals surface area contributed by atoms with Gasteiger partial charge >= 0.3 is 11.2 Å². The van der Waals surface area contributed by atoms with E-state index in [1.54, 1.807) is 0 Å². The number of carbonyl (C=O) groups is 1. The zero-order valence-electron chi connectivity index (χ0n) is 6.15. The number of thioether (sulfide) groups is 1. The molecule has 1 rings (SSSR count). The molecule has 1 N–H and O–H groups in total. The molecule has 1 heterocycles. The van der Waals surface area contributed by atoms with Gasteiger partial charge in [-0.2, -0.15) is 8.78 Å². The predicted octanol–water partition coefficient (Wildman–Crippen LogP) is 1.25. The van der Waals surface area contributed by atoms with Gasteiger partial charge in [-0.25, -0.2) is 9.78 Å². The van der Waals surface area contributed by atoms with Crippen LogP contribution in [0.15, 0.2) is 23.6 Å². The van der Waals surface area contributed by atoms with Gasteiger partial charge in [0.2, 0.25) is 0 Å². The molecule has 70 valence electrons. The van der Waals surface area contributed by atoms with Crippen LogP contribution >= 0.6 is 11.8 Å². The first-order valence-electron chi connectivity index (χ1n) is 3.08. The summed E-state index contributed by atoms with van der Waals surface area (Å²) in [5.74, 6) is -2.19. The molecule has 0 aliphatic rings. The molecule has 0 bridgehead atoms. The highest BCUT2D eigenvalue weighted by Crippen LogP contribution is 2.34. The lowest BCUT2D eigenvalue weighted by atomic mass is 10.7.